The van der Waals surface area contributed by atoms with Gasteiger partial charge in [0.25, 0.3) is 5.91 Å². The highest BCUT2D eigenvalue weighted by atomic mass is 19.1. The molecule has 0 fully saturated rings. The summed E-state index contributed by atoms with van der Waals surface area (Å²) in [5.41, 5.74) is 2.30. The van der Waals surface area contributed by atoms with Gasteiger partial charge in [0.2, 0.25) is 5.91 Å². The minimum atomic E-state index is -0.558. The van der Waals surface area contributed by atoms with Crippen molar-refractivity contribution in [2.45, 2.75) is 20.3 Å². The monoisotopic (exact) mass is 354 g/mol. The molecule has 3 rings (SSSR count). The second-order valence-corrected chi connectivity index (χ2v) is 5.91. The molecule has 0 aliphatic rings. The number of anilines is 1. The van der Waals surface area contributed by atoms with Crippen molar-refractivity contribution in [1.29, 1.82) is 0 Å². The first-order chi connectivity index (χ1) is 12.5. The minimum absolute atomic E-state index is 0.00635. The van der Waals surface area contributed by atoms with Crippen LogP contribution in [0.4, 0.5) is 10.1 Å². The highest BCUT2D eigenvalue weighted by molar-refractivity contribution is 6.02. The Balaban J connectivity index is 1.68. The molecule has 2 amide bonds. The number of halogens is 1. The molecule has 134 valence electrons. The van der Waals surface area contributed by atoms with Gasteiger partial charge in [-0.15, -0.1) is 0 Å². The van der Waals surface area contributed by atoms with Gasteiger partial charge in [-0.2, -0.15) is 0 Å². The van der Waals surface area contributed by atoms with Gasteiger partial charge in [0, 0.05) is 16.6 Å². The number of aryl methyl sites for hydroxylation is 2. The summed E-state index contributed by atoms with van der Waals surface area (Å²) >= 11 is 0. The lowest BCUT2D eigenvalue weighted by Crippen LogP contribution is -2.33. The normalized spacial score (nSPS) is 10.7. The number of furan rings is 1. The van der Waals surface area contributed by atoms with Crippen molar-refractivity contribution >= 4 is 28.5 Å². The predicted molar refractivity (Wildman–Crippen MR) is 97.7 cm³/mol. The molecule has 0 aliphatic carbocycles. The lowest BCUT2D eigenvalue weighted by Gasteiger charge is -2.10. The van der Waals surface area contributed by atoms with E-state index in [0.29, 0.717) is 10.9 Å². The average molecular weight is 354 g/mol. The van der Waals surface area contributed by atoms with Gasteiger partial charge in [-0.3, -0.25) is 9.59 Å². The van der Waals surface area contributed by atoms with Gasteiger partial charge in [-0.25, -0.2) is 4.39 Å². The summed E-state index contributed by atoms with van der Waals surface area (Å²) in [6.45, 7) is 3.46. The third-order valence-corrected chi connectivity index (χ3v) is 4.20. The largest absolute Gasteiger partial charge is 0.448 e. The van der Waals surface area contributed by atoms with E-state index in [1.54, 1.807) is 19.1 Å². The molecule has 1 aromatic heterocycles. The van der Waals surface area contributed by atoms with Gasteiger partial charge in [-0.05, 0) is 31.0 Å². The first kappa shape index (κ1) is 17.7. The van der Waals surface area contributed by atoms with E-state index in [-0.39, 0.29) is 23.8 Å². The molecule has 0 bridgehead atoms. The summed E-state index contributed by atoms with van der Waals surface area (Å²) in [4.78, 5) is 24.4. The topological polar surface area (TPSA) is 71.3 Å². The fourth-order valence-corrected chi connectivity index (χ4v) is 2.81. The summed E-state index contributed by atoms with van der Waals surface area (Å²) in [6.07, 6.45) is 0.784. The summed E-state index contributed by atoms with van der Waals surface area (Å²) in [5.74, 6) is -1.43. The van der Waals surface area contributed by atoms with Crippen LogP contribution in [0.25, 0.3) is 11.0 Å². The van der Waals surface area contributed by atoms with Crippen LogP contribution >= 0.6 is 0 Å². The number of fused-ring (bicyclic) bond motifs is 1. The number of para-hydroxylation sites is 2. The van der Waals surface area contributed by atoms with E-state index < -0.39 is 11.7 Å². The summed E-state index contributed by atoms with van der Waals surface area (Å²) in [6, 6.07) is 12.0. The second-order valence-electron chi connectivity index (χ2n) is 5.91. The van der Waals surface area contributed by atoms with Crippen molar-refractivity contribution in [1.82, 2.24) is 5.32 Å². The number of nitrogens with one attached hydrogen (secondary N) is 2. The van der Waals surface area contributed by atoms with Crippen LogP contribution in [0.3, 0.4) is 0 Å². The molecule has 5 nitrogen and oxygen atoms in total. The number of carbonyl (C=O) groups excluding carboxylic acids is 2. The zero-order valence-corrected chi connectivity index (χ0v) is 14.6. The third-order valence-electron chi connectivity index (χ3n) is 4.20. The molecule has 3 aromatic rings. The Bertz CT molecular complexity index is 978. The zero-order valence-electron chi connectivity index (χ0n) is 14.6. The van der Waals surface area contributed by atoms with Crippen LogP contribution in [0.2, 0.25) is 0 Å². The van der Waals surface area contributed by atoms with Gasteiger partial charge in [0.1, 0.15) is 0 Å². The molecule has 2 N–H and O–H groups in total. The Labute approximate surface area is 150 Å². The van der Waals surface area contributed by atoms with Crippen molar-refractivity contribution in [3.8, 4) is 0 Å². The molecule has 0 spiro atoms. The molecule has 2 aromatic carbocycles. The second kappa shape index (κ2) is 7.39. The molecule has 0 saturated heterocycles. The molecule has 0 radical (unpaired) electrons. The highest BCUT2D eigenvalue weighted by Gasteiger charge is 2.20. The Kier molecular flexibility index (Phi) is 5.02. The average Bonchev–Trinajstić information content (AvgIpc) is 2.98. The van der Waals surface area contributed by atoms with Crippen LogP contribution in [0.1, 0.15) is 28.6 Å². The number of benzene rings is 2. The van der Waals surface area contributed by atoms with Crippen molar-refractivity contribution in [2.24, 2.45) is 0 Å². The van der Waals surface area contributed by atoms with Gasteiger partial charge in [0.05, 0.1) is 6.54 Å². The van der Waals surface area contributed by atoms with Crippen molar-refractivity contribution in [2.75, 3.05) is 11.9 Å². The van der Waals surface area contributed by atoms with Crippen LogP contribution < -0.4 is 10.6 Å². The van der Waals surface area contributed by atoms with Crippen molar-refractivity contribution < 1.29 is 18.4 Å². The fourth-order valence-electron chi connectivity index (χ4n) is 2.81. The van der Waals surface area contributed by atoms with Crippen LogP contribution in [0, 0.1) is 12.7 Å². The standard InChI is InChI=1S/C20H19FN2O3/c1-3-13-7-4-5-10-16(13)23-17(24)11-22-20(25)18-12(2)14-8-6-9-15(21)19(14)26-18/h4-10H,3,11H2,1-2H3,(H,22,25)(H,23,24). The number of rotatable bonds is 5. The Morgan fingerprint density at radius 1 is 1.12 bits per heavy atom. The molecule has 26 heavy (non-hydrogen) atoms. The number of hydrogen-bond donors (Lipinski definition) is 2. The first-order valence-corrected chi connectivity index (χ1v) is 8.34. The van der Waals surface area contributed by atoms with Crippen LogP contribution in [0.15, 0.2) is 46.9 Å². The molecule has 0 aliphatic heterocycles. The van der Waals surface area contributed by atoms with E-state index in [0.717, 1.165) is 17.7 Å². The summed E-state index contributed by atoms with van der Waals surface area (Å²) < 4.78 is 19.1. The van der Waals surface area contributed by atoms with Crippen LogP contribution in [-0.4, -0.2) is 18.4 Å². The van der Waals surface area contributed by atoms with E-state index in [4.69, 9.17) is 4.42 Å². The van der Waals surface area contributed by atoms with E-state index in [1.807, 2.05) is 31.2 Å². The Morgan fingerprint density at radius 3 is 2.62 bits per heavy atom. The van der Waals surface area contributed by atoms with E-state index in [9.17, 15) is 14.0 Å². The maximum Gasteiger partial charge on any atom is 0.287 e. The van der Waals surface area contributed by atoms with Gasteiger partial charge in [-0.1, -0.05) is 37.3 Å². The van der Waals surface area contributed by atoms with E-state index in [2.05, 4.69) is 10.6 Å². The Morgan fingerprint density at radius 2 is 1.88 bits per heavy atom. The Hall–Kier alpha value is -3.15. The number of amides is 2. The van der Waals surface area contributed by atoms with Gasteiger partial charge in [0.15, 0.2) is 17.2 Å². The lowest BCUT2D eigenvalue weighted by molar-refractivity contribution is -0.115. The fraction of sp³-hybridized carbons (Fsp3) is 0.200. The maximum absolute atomic E-state index is 13.8. The zero-order chi connectivity index (χ0) is 18.7. The third kappa shape index (κ3) is 3.44. The lowest BCUT2D eigenvalue weighted by atomic mass is 10.1. The highest BCUT2D eigenvalue weighted by Crippen LogP contribution is 2.27. The van der Waals surface area contributed by atoms with Gasteiger partial charge >= 0.3 is 0 Å². The molecular weight excluding hydrogens is 335 g/mol. The maximum atomic E-state index is 13.8. The number of carbonyl (C=O) groups is 2. The van der Waals surface area contributed by atoms with Gasteiger partial charge < -0.3 is 15.1 Å². The van der Waals surface area contributed by atoms with Crippen molar-refractivity contribution in [3.63, 3.8) is 0 Å². The van der Waals surface area contributed by atoms with Crippen molar-refractivity contribution in [3.05, 3.63) is 65.2 Å². The van der Waals surface area contributed by atoms with E-state index in [1.165, 1.54) is 6.07 Å². The van der Waals surface area contributed by atoms with Crippen LogP contribution in [0.5, 0.6) is 0 Å². The predicted octanol–water partition coefficient (Wildman–Crippen LogP) is 3.81. The summed E-state index contributed by atoms with van der Waals surface area (Å²) in [7, 11) is 0. The summed E-state index contributed by atoms with van der Waals surface area (Å²) in [5, 5.41) is 5.82. The first-order valence-electron chi connectivity index (χ1n) is 8.34. The smallest absolute Gasteiger partial charge is 0.287 e. The van der Waals surface area contributed by atoms with Crippen LogP contribution in [-0.2, 0) is 11.2 Å². The number of hydrogen-bond acceptors (Lipinski definition) is 3. The molecular formula is C20H19FN2O3. The molecule has 0 unspecified atom stereocenters. The molecule has 6 heteroatoms. The molecule has 0 atom stereocenters. The SMILES string of the molecule is CCc1ccccc1NC(=O)CNC(=O)c1oc2c(F)cccc2c1C. The minimum Gasteiger partial charge on any atom is -0.448 e. The molecule has 1 heterocycles. The quantitative estimate of drug-likeness (QED) is 0.732. The van der Waals surface area contributed by atoms with E-state index >= 15 is 0 Å². The molecule has 0 saturated carbocycles.